The highest BCUT2D eigenvalue weighted by Gasteiger charge is 1.93. The number of urea groups is 1. The van der Waals surface area contributed by atoms with E-state index in [1.54, 1.807) is 0 Å². The van der Waals surface area contributed by atoms with Crippen molar-refractivity contribution in [1.82, 2.24) is 0 Å². The summed E-state index contributed by atoms with van der Waals surface area (Å²) in [6.45, 7) is 1.35. The van der Waals surface area contributed by atoms with Crippen molar-refractivity contribution in [3.8, 4) is 0 Å². The fourth-order valence-corrected chi connectivity index (χ4v) is 1.44. The van der Waals surface area contributed by atoms with Crippen molar-refractivity contribution in [2.75, 3.05) is 0 Å². The summed E-state index contributed by atoms with van der Waals surface area (Å²) >= 11 is 0. The Morgan fingerprint density at radius 1 is 0.789 bits per heavy atom. The molecule has 4 heteroatoms. The molecule has 0 saturated heterocycles. The highest BCUT2D eigenvalue weighted by atomic mass is 16.5. The maximum atomic E-state index is 9.00. The third kappa shape index (κ3) is 7.57. The van der Waals surface area contributed by atoms with Crippen molar-refractivity contribution in [2.24, 2.45) is 11.5 Å². The molecule has 0 saturated carbocycles. The third-order valence-corrected chi connectivity index (χ3v) is 2.22. The van der Waals surface area contributed by atoms with E-state index in [9.17, 15) is 0 Å². The average molecular weight is 258 g/mol. The van der Waals surface area contributed by atoms with Crippen LogP contribution in [0.2, 0.25) is 0 Å². The van der Waals surface area contributed by atoms with Gasteiger partial charge < -0.3 is 16.2 Å². The summed E-state index contributed by atoms with van der Waals surface area (Å²) in [5.41, 5.74) is 10.9. The van der Waals surface area contributed by atoms with E-state index < -0.39 is 6.03 Å². The molecular weight excluding hydrogens is 240 g/mol. The molecule has 0 heterocycles. The number of hydrogen-bond donors (Lipinski definition) is 2. The van der Waals surface area contributed by atoms with Crippen LogP contribution in [-0.4, -0.2) is 6.03 Å². The zero-order valence-electron chi connectivity index (χ0n) is 10.7. The van der Waals surface area contributed by atoms with E-state index in [4.69, 9.17) is 9.53 Å². The van der Waals surface area contributed by atoms with Gasteiger partial charge >= 0.3 is 6.03 Å². The fraction of sp³-hybridized carbons (Fsp3) is 0.133. The van der Waals surface area contributed by atoms with Crippen LogP contribution in [0.4, 0.5) is 4.79 Å². The molecule has 0 aromatic heterocycles. The minimum absolute atomic E-state index is 0.676. The second-order valence-corrected chi connectivity index (χ2v) is 3.87. The summed E-state index contributed by atoms with van der Waals surface area (Å²) < 4.78 is 5.61. The zero-order valence-corrected chi connectivity index (χ0v) is 10.7. The highest BCUT2D eigenvalue weighted by Crippen LogP contribution is 2.05. The lowest BCUT2D eigenvalue weighted by molar-refractivity contribution is 0.107. The van der Waals surface area contributed by atoms with Crippen LogP contribution in [0, 0.1) is 0 Å². The number of carbonyl (C=O) groups is 1. The Labute approximate surface area is 113 Å². The van der Waals surface area contributed by atoms with Crippen LogP contribution in [0.15, 0.2) is 60.7 Å². The number of rotatable bonds is 4. The summed E-state index contributed by atoms with van der Waals surface area (Å²) in [7, 11) is 0. The van der Waals surface area contributed by atoms with Crippen LogP contribution < -0.4 is 11.5 Å². The van der Waals surface area contributed by atoms with E-state index in [0.29, 0.717) is 13.2 Å². The van der Waals surface area contributed by atoms with Crippen LogP contribution in [0.1, 0.15) is 11.1 Å². The molecule has 4 nitrogen and oxygen atoms in total. The van der Waals surface area contributed by atoms with Crippen molar-refractivity contribution in [2.45, 2.75) is 13.2 Å². The molecule has 2 rings (SSSR count). The molecular formula is C15H18N2O2. The van der Waals surface area contributed by atoms with Crippen LogP contribution in [-0.2, 0) is 18.0 Å². The van der Waals surface area contributed by atoms with Crippen LogP contribution in [0.5, 0.6) is 0 Å². The van der Waals surface area contributed by atoms with Gasteiger partial charge in [0.15, 0.2) is 0 Å². The molecule has 2 aromatic carbocycles. The quantitative estimate of drug-likeness (QED) is 0.883. The van der Waals surface area contributed by atoms with Gasteiger partial charge in [-0.25, -0.2) is 4.79 Å². The van der Waals surface area contributed by atoms with Gasteiger partial charge in [-0.05, 0) is 11.1 Å². The second-order valence-electron chi connectivity index (χ2n) is 3.87. The maximum absolute atomic E-state index is 9.00. The van der Waals surface area contributed by atoms with Gasteiger partial charge in [-0.2, -0.15) is 0 Å². The predicted molar refractivity (Wildman–Crippen MR) is 75.1 cm³/mol. The first-order valence-electron chi connectivity index (χ1n) is 5.89. The number of nitrogens with two attached hydrogens (primary N) is 2. The summed E-state index contributed by atoms with van der Waals surface area (Å²) in [5, 5.41) is 0. The molecule has 4 N–H and O–H groups in total. The topological polar surface area (TPSA) is 78.3 Å². The van der Waals surface area contributed by atoms with Crippen molar-refractivity contribution >= 4 is 6.03 Å². The lowest BCUT2D eigenvalue weighted by Crippen LogP contribution is -2.18. The van der Waals surface area contributed by atoms with Gasteiger partial charge in [0.2, 0.25) is 0 Å². The van der Waals surface area contributed by atoms with Gasteiger partial charge in [0.25, 0.3) is 0 Å². The lowest BCUT2D eigenvalue weighted by atomic mass is 10.2. The normalized spacial score (nSPS) is 9.26. The predicted octanol–water partition coefficient (Wildman–Crippen LogP) is 2.43. The molecule has 0 radical (unpaired) electrons. The first kappa shape index (κ1) is 14.7. The molecule has 0 spiro atoms. The SMILES string of the molecule is NC(N)=O.c1ccc(COCc2ccccc2)cc1. The van der Waals surface area contributed by atoms with Crippen molar-refractivity contribution in [3.05, 3.63) is 71.8 Å². The first-order chi connectivity index (χ1) is 9.18. The Morgan fingerprint density at radius 3 is 1.42 bits per heavy atom. The molecule has 100 valence electrons. The smallest absolute Gasteiger partial charge is 0.309 e. The van der Waals surface area contributed by atoms with E-state index in [0.717, 1.165) is 0 Å². The molecule has 19 heavy (non-hydrogen) atoms. The number of hydrogen-bond acceptors (Lipinski definition) is 2. The average Bonchev–Trinajstić information content (AvgIpc) is 2.41. The molecule has 0 fully saturated rings. The van der Waals surface area contributed by atoms with Gasteiger partial charge in [0.1, 0.15) is 0 Å². The number of benzene rings is 2. The molecule has 0 unspecified atom stereocenters. The summed E-state index contributed by atoms with van der Waals surface area (Å²) in [6, 6.07) is 19.6. The van der Waals surface area contributed by atoms with Gasteiger partial charge in [-0.3, -0.25) is 0 Å². The van der Waals surface area contributed by atoms with E-state index in [-0.39, 0.29) is 0 Å². The molecule has 0 atom stereocenters. The highest BCUT2D eigenvalue weighted by molar-refractivity contribution is 5.69. The van der Waals surface area contributed by atoms with Gasteiger partial charge in [-0.1, -0.05) is 60.7 Å². The van der Waals surface area contributed by atoms with Crippen molar-refractivity contribution in [3.63, 3.8) is 0 Å². The number of carbonyl (C=O) groups excluding carboxylic acids is 1. The minimum atomic E-state index is -0.833. The van der Waals surface area contributed by atoms with Crippen LogP contribution in [0.3, 0.4) is 0 Å². The van der Waals surface area contributed by atoms with E-state index in [2.05, 4.69) is 35.7 Å². The van der Waals surface area contributed by atoms with Crippen molar-refractivity contribution in [1.29, 1.82) is 0 Å². The van der Waals surface area contributed by atoms with Crippen molar-refractivity contribution < 1.29 is 9.53 Å². The number of ether oxygens (including phenoxy) is 1. The number of primary amides is 2. The minimum Gasteiger partial charge on any atom is -0.372 e. The molecule has 0 aliphatic rings. The van der Waals surface area contributed by atoms with Gasteiger partial charge in [-0.15, -0.1) is 0 Å². The monoisotopic (exact) mass is 258 g/mol. The zero-order chi connectivity index (χ0) is 13.9. The van der Waals surface area contributed by atoms with E-state index in [1.807, 2.05) is 36.4 Å². The third-order valence-electron chi connectivity index (χ3n) is 2.22. The molecule has 0 aliphatic carbocycles. The molecule has 0 bridgehead atoms. The molecule has 0 aliphatic heterocycles. The standard InChI is InChI=1S/C14H14O.CH4N2O/c1-3-7-13(8-4-1)11-15-12-14-9-5-2-6-10-14;2-1(3)4/h1-10H,11-12H2;(H4,2,3,4). The Balaban J connectivity index is 0.000000399. The molecule has 2 amide bonds. The second kappa shape index (κ2) is 8.72. The van der Waals surface area contributed by atoms with Gasteiger partial charge in [0, 0.05) is 0 Å². The number of amides is 2. The van der Waals surface area contributed by atoms with Gasteiger partial charge in [0.05, 0.1) is 13.2 Å². The molecule has 2 aromatic rings. The summed E-state index contributed by atoms with van der Waals surface area (Å²) in [4.78, 5) is 9.00. The largest absolute Gasteiger partial charge is 0.372 e. The summed E-state index contributed by atoms with van der Waals surface area (Å²) in [6.07, 6.45) is 0. The Morgan fingerprint density at radius 2 is 1.11 bits per heavy atom. The Bertz CT molecular complexity index is 429. The Kier molecular flexibility index (Phi) is 6.76. The van der Waals surface area contributed by atoms with Crippen LogP contribution in [0.25, 0.3) is 0 Å². The van der Waals surface area contributed by atoms with E-state index in [1.165, 1.54) is 11.1 Å². The summed E-state index contributed by atoms with van der Waals surface area (Å²) in [5.74, 6) is 0. The maximum Gasteiger partial charge on any atom is 0.309 e. The Hall–Kier alpha value is -2.33. The fourth-order valence-electron chi connectivity index (χ4n) is 1.44. The lowest BCUT2D eigenvalue weighted by Gasteiger charge is -2.03. The van der Waals surface area contributed by atoms with Crippen LogP contribution >= 0.6 is 0 Å². The first-order valence-corrected chi connectivity index (χ1v) is 5.89. The van der Waals surface area contributed by atoms with E-state index >= 15 is 0 Å².